The number of carbonyl (C=O) groups excluding carboxylic acids is 2. The Morgan fingerprint density at radius 3 is 2.33 bits per heavy atom. The standard InChI is InChI=1S/C18H20BrNO4/c1-3-23-17(21)11-16-15(18(22)24-4-2)9-10-20(16)12-13-5-7-14(19)8-6-13/h5-10H,3-4,11-12H2,1-2H3. The number of ether oxygens (including phenoxy) is 2. The molecule has 0 aliphatic carbocycles. The Kier molecular flexibility index (Phi) is 6.61. The number of benzene rings is 1. The highest BCUT2D eigenvalue weighted by molar-refractivity contribution is 9.10. The van der Waals surface area contributed by atoms with E-state index in [1.807, 2.05) is 28.8 Å². The molecule has 0 N–H and O–H groups in total. The number of halogens is 1. The lowest BCUT2D eigenvalue weighted by atomic mass is 10.1. The number of esters is 2. The monoisotopic (exact) mass is 393 g/mol. The Balaban J connectivity index is 2.30. The van der Waals surface area contributed by atoms with E-state index in [2.05, 4.69) is 15.9 Å². The third-order valence-electron chi connectivity index (χ3n) is 3.46. The first kappa shape index (κ1) is 18.3. The molecule has 0 bridgehead atoms. The van der Waals surface area contributed by atoms with Gasteiger partial charge in [-0.3, -0.25) is 4.79 Å². The van der Waals surface area contributed by atoms with E-state index in [0.717, 1.165) is 10.0 Å². The highest BCUT2D eigenvalue weighted by Crippen LogP contribution is 2.18. The van der Waals surface area contributed by atoms with Crippen molar-refractivity contribution >= 4 is 27.9 Å². The van der Waals surface area contributed by atoms with Gasteiger partial charge in [0.1, 0.15) is 0 Å². The number of hydrogen-bond acceptors (Lipinski definition) is 4. The van der Waals surface area contributed by atoms with Crippen molar-refractivity contribution in [2.75, 3.05) is 13.2 Å². The van der Waals surface area contributed by atoms with E-state index in [0.29, 0.717) is 24.4 Å². The summed E-state index contributed by atoms with van der Waals surface area (Å²) in [4.78, 5) is 24.0. The molecular formula is C18H20BrNO4. The first-order valence-electron chi connectivity index (χ1n) is 7.80. The molecule has 0 fully saturated rings. The summed E-state index contributed by atoms with van der Waals surface area (Å²) in [6.45, 7) is 4.66. The van der Waals surface area contributed by atoms with Gasteiger partial charge in [-0.1, -0.05) is 28.1 Å². The van der Waals surface area contributed by atoms with Gasteiger partial charge < -0.3 is 14.0 Å². The fourth-order valence-corrected chi connectivity index (χ4v) is 2.64. The summed E-state index contributed by atoms with van der Waals surface area (Å²) in [5.74, 6) is -0.787. The average molecular weight is 394 g/mol. The van der Waals surface area contributed by atoms with Crippen LogP contribution in [0.2, 0.25) is 0 Å². The van der Waals surface area contributed by atoms with E-state index < -0.39 is 5.97 Å². The molecule has 1 aromatic heterocycles. The van der Waals surface area contributed by atoms with Gasteiger partial charge in [0.15, 0.2) is 0 Å². The van der Waals surface area contributed by atoms with Gasteiger partial charge in [0, 0.05) is 22.9 Å². The van der Waals surface area contributed by atoms with Gasteiger partial charge in [0.25, 0.3) is 0 Å². The van der Waals surface area contributed by atoms with Crippen LogP contribution in [0, 0.1) is 0 Å². The van der Waals surface area contributed by atoms with E-state index in [9.17, 15) is 9.59 Å². The van der Waals surface area contributed by atoms with Crippen LogP contribution in [0.1, 0.15) is 35.5 Å². The van der Waals surface area contributed by atoms with E-state index in [4.69, 9.17) is 9.47 Å². The molecule has 0 saturated carbocycles. The molecule has 2 rings (SSSR count). The van der Waals surface area contributed by atoms with Gasteiger partial charge in [-0.05, 0) is 37.6 Å². The summed E-state index contributed by atoms with van der Waals surface area (Å²) in [5, 5.41) is 0. The van der Waals surface area contributed by atoms with E-state index in [-0.39, 0.29) is 19.0 Å². The molecule has 0 spiro atoms. The molecule has 0 radical (unpaired) electrons. The van der Waals surface area contributed by atoms with Crippen LogP contribution in [0.5, 0.6) is 0 Å². The summed E-state index contributed by atoms with van der Waals surface area (Å²) in [5.41, 5.74) is 2.08. The zero-order valence-corrected chi connectivity index (χ0v) is 15.3. The Labute approximate surface area is 149 Å². The summed E-state index contributed by atoms with van der Waals surface area (Å²) in [6.07, 6.45) is 1.83. The topological polar surface area (TPSA) is 57.5 Å². The van der Waals surface area contributed by atoms with Crippen molar-refractivity contribution in [1.29, 1.82) is 0 Å². The lowest BCUT2D eigenvalue weighted by molar-refractivity contribution is -0.142. The molecule has 0 saturated heterocycles. The van der Waals surface area contributed by atoms with Crippen molar-refractivity contribution in [1.82, 2.24) is 4.57 Å². The molecule has 0 aliphatic rings. The molecule has 0 amide bonds. The average Bonchev–Trinajstić information content (AvgIpc) is 2.93. The minimum atomic E-state index is -0.425. The molecule has 2 aromatic rings. The number of aromatic nitrogens is 1. The van der Waals surface area contributed by atoms with Gasteiger partial charge in [0.05, 0.1) is 25.2 Å². The second-order valence-corrected chi connectivity index (χ2v) is 6.05. The quantitative estimate of drug-likeness (QED) is 0.674. The van der Waals surface area contributed by atoms with E-state index >= 15 is 0 Å². The van der Waals surface area contributed by atoms with Gasteiger partial charge in [-0.2, -0.15) is 0 Å². The van der Waals surface area contributed by atoms with Crippen molar-refractivity contribution in [3.63, 3.8) is 0 Å². The lowest BCUT2D eigenvalue weighted by Crippen LogP contribution is -2.16. The van der Waals surface area contributed by atoms with Gasteiger partial charge in [-0.15, -0.1) is 0 Å². The summed E-state index contributed by atoms with van der Waals surface area (Å²) < 4.78 is 13.0. The first-order valence-corrected chi connectivity index (χ1v) is 8.59. The number of carbonyl (C=O) groups is 2. The maximum Gasteiger partial charge on any atom is 0.339 e. The zero-order chi connectivity index (χ0) is 17.5. The maximum atomic E-state index is 12.1. The Morgan fingerprint density at radius 2 is 1.71 bits per heavy atom. The third kappa shape index (κ3) is 4.71. The van der Waals surface area contributed by atoms with Crippen molar-refractivity contribution in [3.8, 4) is 0 Å². The first-order chi connectivity index (χ1) is 11.5. The van der Waals surface area contributed by atoms with Gasteiger partial charge in [0.2, 0.25) is 0 Å². The summed E-state index contributed by atoms with van der Waals surface area (Å²) in [6, 6.07) is 9.57. The molecule has 5 nitrogen and oxygen atoms in total. The molecule has 1 aromatic carbocycles. The SMILES string of the molecule is CCOC(=O)Cc1c(C(=O)OCC)ccn1Cc1ccc(Br)cc1. The molecular weight excluding hydrogens is 374 g/mol. The van der Waals surface area contributed by atoms with Crippen LogP contribution in [-0.2, 0) is 27.2 Å². The van der Waals surface area contributed by atoms with Crippen LogP contribution in [0.25, 0.3) is 0 Å². The second-order valence-electron chi connectivity index (χ2n) is 5.13. The van der Waals surface area contributed by atoms with Gasteiger partial charge in [-0.25, -0.2) is 4.79 Å². The largest absolute Gasteiger partial charge is 0.466 e. The smallest absolute Gasteiger partial charge is 0.339 e. The van der Waals surface area contributed by atoms with Crippen LogP contribution >= 0.6 is 15.9 Å². The summed E-state index contributed by atoms with van der Waals surface area (Å²) >= 11 is 3.41. The van der Waals surface area contributed by atoms with Crippen molar-refractivity contribution in [2.24, 2.45) is 0 Å². The Bertz CT molecular complexity index is 706. The molecule has 128 valence electrons. The molecule has 0 atom stereocenters. The number of hydrogen-bond donors (Lipinski definition) is 0. The molecule has 6 heteroatoms. The normalized spacial score (nSPS) is 10.5. The zero-order valence-electron chi connectivity index (χ0n) is 13.8. The minimum absolute atomic E-state index is 0.0332. The molecule has 24 heavy (non-hydrogen) atoms. The fraction of sp³-hybridized carbons (Fsp3) is 0.333. The molecule has 1 heterocycles. The van der Waals surface area contributed by atoms with Crippen LogP contribution in [0.4, 0.5) is 0 Å². The van der Waals surface area contributed by atoms with Crippen molar-refractivity contribution < 1.29 is 19.1 Å². The van der Waals surface area contributed by atoms with Crippen molar-refractivity contribution in [2.45, 2.75) is 26.8 Å². The Hall–Kier alpha value is -2.08. The molecule has 0 unspecified atom stereocenters. The number of rotatable bonds is 7. The van der Waals surface area contributed by atoms with E-state index in [1.165, 1.54) is 0 Å². The lowest BCUT2D eigenvalue weighted by Gasteiger charge is -2.11. The van der Waals surface area contributed by atoms with Gasteiger partial charge >= 0.3 is 11.9 Å². The highest BCUT2D eigenvalue weighted by Gasteiger charge is 2.20. The Morgan fingerprint density at radius 1 is 1.04 bits per heavy atom. The third-order valence-corrected chi connectivity index (χ3v) is 3.99. The van der Waals surface area contributed by atoms with Crippen LogP contribution in [0.3, 0.4) is 0 Å². The predicted molar refractivity (Wildman–Crippen MR) is 94.0 cm³/mol. The minimum Gasteiger partial charge on any atom is -0.466 e. The van der Waals surface area contributed by atoms with Crippen LogP contribution in [-0.4, -0.2) is 29.7 Å². The van der Waals surface area contributed by atoms with Crippen LogP contribution < -0.4 is 0 Å². The van der Waals surface area contributed by atoms with Crippen LogP contribution in [0.15, 0.2) is 41.0 Å². The molecule has 0 aliphatic heterocycles. The number of nitrogens with zero attached hydrogens (tertiary/aromatic N) is 1. The second kappa shape index (κ2) is 8.68. The fourth-order valence-electron chi connectivity index (χ4n) is 2.38. The maximum absolute atomic E-state index is 12.1. The van der Waals surface area contributed by atoms with Crippen molar-refractivity contribution in [3.05, 3.63) is 57.8 Å². The summed E-state index contributed by atoms with van der Waals surface area (Å²) in [7, 11) is 0. The highest BCUT2D eigenvalue weighted by atomic mass is 79.9. The van der Waals surface area contributed by atoms with E-state index in [1.54, 1.807) is 26.1 Å². The predicted octanol–water partition coefficient (Wildman–Crippen LogP) is 3.58.